The lowest BCUT2D eigenvalue weighted by molar-refractivity contribution is -0.138. The zero-order chi connectivity index (χ0) is 24.8. The molecule has 2 N–H and O–H groups in total. The second kappa shape index (κ2) is 10.8. The maximum Gasteiger partial charge on any atom is 0.407 e. The van der Waals surface area contributed by atoms with E-state index in [0.717, 1.165) is 22.3 Å². The molecule has 3 aromatic rings. The van der Waals surface area contributed by atoms with E-state index in [2.05, 4.69) is 15.3 Å². The van der Waals surface area contributed by atoms with Crippen LogP contribution >= 0.6 is 0 Å². The standard InChI is InChI=1S/C26H26N4O5/c1-30(15-23-27-13-6-14-28-23)25(33)22(11-12-24(31)32)29-26(34)35-16-21-19-9-4-2-7-17(19)18-8-3-5-10-20(18)21/h2-10,13-14,21-22H,11-12,15-16H2,1H3,(H,29,34)(H,31,32). The van der Waals surface area contributed by atoms with E-state index in [1.165, 1.54) is 4.90 Å². The average Bonchev–Trinajstić information content (AvgIpc) is 3.19. The third-order valence-electron chi connectivity index (χ3n) is 5.95. The topological polar surface area (TPSA) is 122 Å². The summed E-state index contributed by atoms with van der Waals surface area (Å²) in [7, 11) is 1.55. The number of aromatic nitrogens is 2. The molecule has 9 heteroatoms. The summed E-state index contributed by atoms with van der Waals surface area (Å²) in [5.74, 6) is -1.21. The van der Waals surface area contributed by atoms with Crippen molar-refractivity contribution in [3.8, 4) is 11.1 Å². The van der Waals surface area contributed by atoms with E-state index in [-0.39, 0.29) is 31.9 Å². The molecular formula is C26H26N4O5. The molecule has 0 aliphatic heterocycles. The molecule has 0 fully saturated rings. The molecule has 0 saturated carbocycles. The number of carbonyl (C=O) groups is 3. The van der Waals surface area contributed by atoms with E-state index < -0.39 is 24.0 Å². The van der Waals surface area contributed by atoms with E-state index in [0.29, 0.717) is 5.82 Å². The first-order valence-electron chi connectivity index (χ1n) is 11.3. The maximum atomic E-state index is 13.0. The highest BCUT2D eigenvalue weighted by Crippen LogP contribution is 2.44. The molecule has 35 heavy (non-hydrogen) atoms. The monoisotopic (exact) mass is 474 g/mol. The summed E-state index contributed by atoms with van der Waals surface area (Å²) in [5.41, 5.74) is 4.36. The number of nitrogens with zero attached hydrogens (tertiary/aromatic N) is 3. The molecular weight excluding hydrogens is 448 g/mol. The van der Waals surface area contributed by atoms with Crippen molar-refractivity contribution >= 4 is 18.0 Å². The van der Waals surface area contributed by atoms with E-state index in [1.807, 2.05) is 48.5 Å². The van der Waals surface area contributed by atoms with Gasteiger partial charge in [0.05, 0.1) is 6.54 Å². The first kappa shape index (κ1) is 23.9. The minimum atomic E-state index is -1.06. The molecule has 0 bridgehead atoms. The van der Waals surface area contributed by atoms with Crippen molar-refractivity contribution in [2.24, 2.45) is 0 Å². The SMILES string of the molecule is CN(Cc1ncccn1)C(=O)C(CCC(=O)O)NC(=O)OCC1c2ccccc2-c2ccccc21. The van der Waals surface area contributed by atoms with Gasteiger partial charge >= 0.3 is 12.1 Å². The molecule has 0 saturated heterocycles. The van der Waals surface area contributed by atoms with E-state index in [4.69, 9.17) is 9.84 Å². The number of fused-ring (bicyclic) bond motifs is 3. The van der Waals surface area contributed by atoms with Crippen LogP contribution in [0.15, 0.2) is 67.0 Å². The molecule has 2 aromatic carbocycles. The zero-order valence-electron chi connectivity index (χ0n) is 19.3. The first-order chi connectivity index (χ1) is 16.9. The van der Waals surface area contributed by atoms with Crippen LogP contribution in [0.2, 0.25) is 0 Å². The summed E-state index contributed by atoms with van der Waals surface area (Å²) in [5, 5.41) is 11.7. The molecule has 1 aromatic heterocycles. The van der Waals surface area contributed by atoms with Crippen LogP contribution in [0.4, 0.5) is 4.79 Å². The van der Waals surface area contributed by atoms with Gasteiger partial charge in [-0.2, -0.15) is 0 Å². The number of rotatable bonds is 9. The third-order valence-corrected chi connectivity index (χ3v) is 5.95. The number of hydrogen-bond donors (Lipinski definition) is 2. The lowest BCUT2D eigenvalue weighted by Gasteiger charge is -2.24. The van der Waals surface area contributed by atoms with Gasteiger partial charge in [0.1, 0.15) is 18.5 Å². The van der Waals surface area contributed by atoms with Crippen molar-refractivity contribution in [2.45, 2.75) is 31.3 Å². The second-order valence-electron chi connectivity index (χ2n) is 8.31. The normalized spacial score (nSPS) is 12.8. The van der Waals surface area contributed by atoms with Crippen LogP contribution in [0.1, 0.15) is 35.7 Å². The molecule has 4 rings (SSSR count). The smallest absolute Gasteiger partial charge is 0.407 e. The molecule has 1 heterocycles. The molecule has 0 spiro atoms. The summed E-state index contributed by atoms with van der Waals surface area (Å²) in [6.45, 7) is 0.211. The Hall–Kier alpha value is -4.27. The summed E-state index contributed by atoms with van der Waals surface area (Å²) in [4.78, 5) is 46.3. The van der Waals surface area contributed by atoms with Gasteiger partial charge < -0.3 is 20.1 Å². The van der Waals surface area contributed by atoms with Crippen LogP contribution in [0.3, 0.4) is 0 Å². The van der Waals surface area contributed by atoms with Crippen LogP contribution in [0.5, 0.6) is 0 Å². The molecule has 2 amide bonds. The molecule has 1 atom stereocenters. The largest absolute Gasteiger partial charge is 0.481 e. The lowest BCUT2D eigenvalue weighted by Crippen LogP contribution is -2.47. The number of carboxylic acid groups (broad SMARTS) is 1. The highest BCUT2D eigenvalue weighted by molar-refractivity contribution is 5.86. The second-order valence-corrected chi connectivity index (χ2v) is 8.31. The molecule has 0 radical (unpaired) electrons. The number of likely N-dealkylation sites (N-methyl/N-ethyl adjacent to an activating group) is 1. The number of aliphatic carboxylic acids is 1. The van der Waals surface area contributed by atoms with Crippen LogP contribution < -0.4 is 5.32 Å². The number of carboxylic acids is 1. The summed E-state index contributed by atoms with van der Waals surface area (Å²) in [6, 6.07) is 16.6. The summed E-state index contributed by atoms with van der Waals surface area (Å²) >= 11 is 0. The maximum absolute atomic E-state index is 13.0. The minimum absolute atomic E-state index is 0.0711. The van der Waals surface area contributed by atoms with Crippen LogP contribution in [0.25, 0.3) is 11.1 Å². The highest BCUT2D eigenvalue weighted by Gasteiger charge is 2.30. The summed E-state index contributed by atoms with van der Waals surface area (Å²) in [6.07, 6.45) is 2.00. The molecule has 1 aliphatic rings. The van der Waals surface area contributed by atoms with Gasteiger partial charge in [-0.25, -0.2) is 14.8 Å². The number of ether oxygens (including phenoxy) is 1. The van der Waals surface area contributed by atoms with Gasteiger partial charge in [-0.3, -0.25) is 9.59 Å². The number of carbonyl (C=O) groups excluding carboxylic acids is 2. The van der Waals surface area contributed by atoms with Crippen LogP contribution in [0, 0.1) is 0 Å². The van der Waals surface area contributed by atoms with Crippen molar-refractivity contribution in [1.29, 1.82) is 0 Å². The Balaban J connectivity index is 1.42. The Bertz CT molecular complexity index is 1170. The van der Waals surface area contributed by atoms with Gasteiger partial charge in [0.25, 0.3) is 0 Å². The van der Waals surface area contributed by atoms with Crippen molar-refractivity contribution in [3.05, 3.63) is 83.9 Å². The van der Waals surface area contributed by atoms with E-state index in [9.17, 15) is 14.4 Å². The van der Waals surface area contributed by atoms with Crippen molar-refractivity contribution in [2.75, 3.05) is 13.7 Å². The van der Waals surface area contributed by atoms with Crippen molar-refractivity contribution < 1.29 is 24.2 Å². The molecule has 9 nitrogen and oxygen atoms in total. The fraction of sp³-hybridized carbons (Fsp3) is 0.269. The first-order valence-corrected chi connectivity index (χ1v) is 11.3. The Labute approximate surface area is 202 Å². The predicted molar refractivity (Wildman–Crippen MR) is 127 cm³/mol. The number of alkyl carbamates (subject to hydrolysis) is 1. The predicted octanol–water partition coefficient (Wildman–Crippen LogP) is 3.21. The quantitative estimate of drug-likeness (QED) is 0.488. The molecule has 1 unspecified atom stereocenters. The number of benzene rings is 2. The van der Waals surface area contributed by atoms with Gasteiger partial charge in [0.15, 0.2) is 0 Å². The Morgan fingerprint density at radius 2 is 1.60 bits per heavy atom. The van der Waals surface area contributed by atoms with Crippen LogP contribution in [-0.4, -0.2) is 57.6 Å². The Morgan fingerprint density at radius 3 is 2.20 bits per heavy atom. The Morgan fingerprint density at radius 1 is 1.00 bits per heavy atom. The molecule has 1 aliphatic carbocycles. The summed E-state index contributed by atoms with van der Waals surface area (Å²) < 4.78 is 5.53. The fourth-order valence-electron chi connectivity index (χ4n) is 4.28. The third kappa shape index (κ3) is 5.63. The van der Waals surface area contributed by atoms with Gasteiger partial charge in [-0.15, -0.1) is 0 Å². The van der Waals surface area contributed by atoms with Gasteiger partial charge in [0, 0.05) is 31.8 Å². The van der Waals surface area contributed by atoms with Gasteiger partial charge in [-0.1, -0.05) is 48.5 Å². The van der Waals surface area contributed by atoms with Crippen LogP contribution in [-0.2, 0) is 20.9 Å². The van der Waals surface area contributed by atoms with E-state index >= 15 is 0 Å². The number of nitrogens with one attached hydrogen (secondary N) is 1. The molecule has 180 valence electrons. The van der Waals surface area contributed by atoms with Crippen molar-refractivity contribution in [3.63, 3.8) is 0 Å². The highest BCUT2D eigenvalue weighted by atomic mass is 16.5. The van der Waals surface area contributed by atoms with Crippen molar-refractivity contribution in [1.82, 2.24) is 20.2 Å². The average molecular weight is 475 g/mol. The number of hydrogen-bond acceptors (Lipinski definition) is 6. The zero-order valence-corrected chi connectivity index (χ0v) is 19.3. The number of amides is 2. The lowest BCUT2D eigenvalue weighted by atomic mass is 9.98. The van der Waals surface area contributed by atoms with E-state index in [1.54, 1.807) is 25.5 Å². The van der Waals surface area contributed by atoms with Gasteiger partial charge in [-0.05, 0) is 34.7 Å². The minimum Gasteiger partial charge on any atom is -0.481 e. The fourth-order valence-corrected chi connectivity index (χ4v) is 4.28. The van der Waals surface area contributed by atoms with Gasteiger partial charge in [0.2, 0.25) is 5.91 Å². The Kier molecular flexibility index (Phi) is 7.35.